The molecule has 4 nitrogen and oxygen atoms in total. The van der Waals surface area contributed by atoms with Crippen LogP contribution in [0.2, 0.25) is 5.02 Å². The molecule has 0 saturated heterocycles. The lowest BCUT2D eigenvalue weighted by Gasteiger charge is -2.27. The van der Waals surface area contributed by atoms with Crippen LogP contribution in [0.3, 0.4) is 0 Å². The third kappa shape index (κ3) is 3.33. The van der Waals surface area contributed by atoms with Gasteiger partial charge in [0.05, 0.1) is 13.2 Å². The number of nitrogens with zero attached hydrogens (tertiary/aromatic N) is 1. The number of halogens is 1. The van der Waals surface area contributed by atoms with E-state index < -0.39 is 5.97 Å². The number of hydrogen-bond donors (Lipinski definition) is 1. The number of ether oxygens (including phenoxy) is 1. The van der Waals surface area contributed by atoms with Crippen molar-refractivity contribution >= 4 is 17.6 Å². The molecule has 1 aromatic rings. The van der Waals surface area contributed by atoms with Crippen molar-refractivity contribution in [2.75, 3.05) is 13.2 Å². The van der Waals surface area contributed by atoms with E-state index in [4.69, 9.17) is 16.3 Å². The van der Waals surface area contributed by atoms with Gasteiger partial charge in [0.25, 0.3) is 0 Å². The van der Waals surface area contributed by atoms with Crippen LogP contribution in [0.5, 0.6) is 5.75 Å². The maximum atomic E-state index is 11.2. The highest BCUT2D eigenvalue weighted by Gasteiger charge is 2.27. The molecule has 5 heteroatoms. The molecule has 0 spiro atoms. The van der Waals surface area contributed by atoms with Gasteiger partial charge in [-0.2, -0.15) is 0 Å². The molecule has 1 aliphatic carbocycles. The van der Waals surface area contributed by atoms with E-state index in [9.17, 15) is 9.90 Å². The van der Waals surface area contributed by atoms with Crippen LogP contribution in [0, 0.1) is 0 Å². The minimum atomic E-state index is -0.776. The molecule has 0 aromatic heterocycles. The summed E-state index contributed by atoms with van der Waals surface area (Å²) in [5.41, 5.74) is 2.15. The minimum Gasteiger partial charge on any atom is -0.493 e. The Balaban J connectivity index is 1.83. The van der Waals surface area contributed by atoms with Gasteiger partial charge in [0.1, 0.15) is 5.75 Å². The van der Waals surface area contributed by atoms with E-state index in [1.807, 2.05) is 12.1 Å². The van der Waals surface area contributed by atoms with Gasteiger partial charge in [-0.3, -0.25) is 9.69 Å². The van der Waals surface area contributed by atoms with E-state index in [-0.39, 0.29) is 6.54 Å². The Morgan fingerprint density at radius 1 is 1.38 bits per heavy atom. The van der Waals surface area contributed by atoms with Gasteiger partial charge in [0.2, 0.25) is 0 Å². The molecule has 1 aromatic carbocycles. The fourth-order valence-electron chi connectivity index (χ4n) is 3.44. The Bertz CT molecular complexity index is 541. The van der Waals surface area contributed by atoms with E-state index in [1.165, 1.54) is 12.8 Å². The maximum Gasteiger partial charge on any atom is 0.317 e. The van der Waals surface area contributed by atoms with E-state index in [1.54, 1.807) is 0 Å². The Morgan fingerprint density at radius 2 is 2.14 bits per heavy atom. The summed E-state index contributed by atoms with van der Waals surface area (Å²) >= 11 is 6.19. The molecule has 0 amide bonds. The smallest absolute Gasteiger partial charge is 0.317 e. The summed E-state index contributed by atoms with van der Waals surface area (Å²) in [6.45, 7) is 1.36. The zero-order valence-corrected chi connectivity index (χ0v) is 12.7. The van der Waals surface area contributed by atoms with Gasteiger partial charge in [-0.25, -0.2) is 0 Å². The van der Waals surface area contributed by atoms with Gasteiger partial charge in [-0.1, -0.05) is 24.4 Å². The first-order valence-corrected chi connectivity index (χ1v) is 7.91. The van der Waals surface area contributed by atoms with E-state index in [2.05, 4.69) is 4.90 Å². The van der Waals surface area contributed by atoms with Crippen LogP contribution >= 0.6 is 11.6 Å². The molecule has 1 saturated carbocycles. The van der Waals surface area contributed by atoms with Crippen molar-refractivity contribution in [3.8, 4) is 5.75 Å². The zero-order chi connectivity index (χ0) is 14.8. The molecule has 1 fully saturated rings. The van der Waals surface area contributed by atoms with Crippen LogP contribution in [0.25, 0.3) is 0 Å². The highest BCUT2D eigenvalue weighted by Crippen LogP contribution is 2.35. The van der Waals surface area contributed by atoms with E-state index >= 15 is 0 Å². The molecule has 2 aliphatic rings. The number of benzene rings is 1. The fraction of sp³-hybridized carbons (Fsp3) is 0.562. The summed E-state index contributed by atoms with van der Waals surface area (Å²) < 4.78 is 5.72. The Labute approximate surface area is 129 Å². The van der Waals surface area contributed by atoms with Crippen molar-refractivity contribution in [2.24, 2.45) is 0 Å². The summed E-state index contributed by atoms with van der Waals surface area (Å²) in [6.07, 6.45) is 5.41. The second-order valence-corrected chi connectivity index (χ2v) is 6.33. The molecule has 114 valence electrons. The van der Waals surface area contributed by atoms with Crippen molar-refractivity contribution in [3.05, 3.63) is 28.3 Å². The second-order valence-electron chi connectivity index (χ2n) is 5.89. The second kappa shape index (κ2) is 6.24. The van der Waals surface area contributed by atoms with Crippen LogP contribution in [0.4, 0.5) is 0 Å². The highest BCUT2D eigenvalue weighted by molar-refractivity contribution is 6.30. The lowest BCUT2D eigenvalue weighted by Crippen LogP contribution is -2.37. The summed E-state index contributed by atoms with van der Waals surface area (Å²) in [4.78, 5) is 13.2. The van der Waals surface area contributed by atoms with Gasteiger partial charge in [0, 0.05) is 29.6 Å². The summed E-state index contributed by atoms with van der Waals surface area (Å²) in [7, 11) is 0. The van der Waals surface area contributed by atoms with Gasteiger partial charge < -0.3 is 9.84 Å². The van der Waals surface area contributed by atoms with Gasteiger partial charge in [-0.05, 0) is 30.5 Å². The van der Waals surface area contributed by atoms with Crippen molar-refractivity contribution in [1.29, 1.82) is 0 Å². The largest absolute Gasteiger partial charge is 0.493 e. The predicted molar refractivity (Wildman–Crippen MR) is 81.0 cm³/mol. The molecule has 3 rings (SSSR count). The molecule has 0 atom stereocenters. The van der Waals surface area contributed by atoms with Crippen LogP contribution in [0.1, 0.15) is 36.8 Å². The fourth-order valence-corrected chi connectivity index (χ4v) is 3.70. The number of carboxylic acid groups (broad SMARTS) is 1. The first kappa shape index (κ1) is 14.7. The first-order valence-electron chi connectivity index (χ1n) is 7.53. The minimum absolute atomic E-state index is 0.0754. The van der Waals surface area contributed by atoms with Crippen molar-refractivity contribution in [3.63, 3.8) is 0 Å². The van der Waals surface area contributed by atoms with Crippen LogP contribution < -0.4 is 4.74 Å². The highest BCUT2D eigenvalue weighted by atomic mass is 35.5. The van der Waals surface area contributed by atoms with Gasteiger partial charge in [0.15, 0.2) is 0 Å². The molecular formula is C16H20ClNO3. The average molecular weight is 310 g/mol. The molecule has 0 radical (unpaired) electrons. The third-order valence-electron chi connectivity index (χ3n) is 4.38. The van der Waals surface area contributed by atoms with E-state index in [0.717, 1.165) is 36.1 Å². The van der Waals surface area contributed by atoms with Crippen molar-refractivity contribution in [2.45, 2.75) is 44.7 Å². The molecule has 21 heavy (non-hydrogen) atoms. The molecule has 1 heterocycles. The Morgan fingerprint density at radius 3 is 2.86 bits per heavy atom. The number of fused-ring (bicyclic) bond motifs is 1. The molecule has 1 N–H and O–H groups in total. The lowest BCUT2D eigenvalue weighted by atomic mass is 10.1. The lowest BCUT2D eigenvalue weighted by molar-refractivity contribution is -0.139. The first-order chi connectivity index (χ1) is 10.1. The van der Waals surface area contributed by atoms with Crippen molar-refractivity contribution < 1.29 is 14.6 Å². The van der Waals surface area contributed by atoms with Gasteiger partial charge in [-0.15, -0.1) is 0 Å². The monoisotopic (exact) mass is 309 g/mol. The quantitative estimate of drug-likeness (QED) is 0.908. The average Bonchev–Trinajstić information content (AvgIpc) is 3.07. The van der Waals surface area contributed by atoms with E-state index in [0.29, 0.717) is 24.2 Å². The number of carboxylic acids is 1. The number of hydrogen-bond acceptors (Lipinski definition) is 3. The van der Waals surface area contributed by atoms with Crippen LogP contribution in [-0.4, -0.2) is 35.2 Å². The summed E-state index contributed by atoms with van der Waals surface area (Å²) in [5, 5.41) is 9.88. The zero-order valence-electron chi connectivity index (χ0n) is 12.0. The molecule has 0 unspecified atom stereocenters. The van der Waals surface area contributed by atoms with Crippen molar-refractivity contribution in [1.82, 2.24) is 4.90 Å². The summed E-state index contributed by atoms with van der Waals surface area (Å²) in [5.74, 6) is 0.134. The molecule has 1 aliphatic heterocycles. The standard InChI is InChI=1S/C16H20ClNO3/c17-13-7-11-5-6-21-16(11)12(8-13)9-18(10-15(19)20)14-3-1-2-4-14/h7-8,14H,1-6,9-10H2,(H,19,20). The Kier molecular flexibility index (Phi) is 4.36. The number of aliphatic carboxylic acids is 1. The van der Waals surface area contributed by atoms with Crippen LogP contribution in [0.15, 0.2) is 12.1 Å². The maximum absolute atomic E-state index is 11.2. The third-order valence-corrected chi connectivity index (χ3v) is 4.60. The topological polar surface area (TPSA) is 49.8 Å². The number of rotatable bonds is 5. The Hall–Kier alpha value is -1.26. The summed E-state index contributed by atoms with van der Waals surface area (Å²) in [6, 6.07) is 4.22. The molecular weight excluding hydrogens is 290 g/mol. The molecule has 0 bridgehead atoms. The number of carbonyl (C=O) groups is 1. The predicted octanol–water partition coefficient (Wildman–Crippen LogP) is 3.10. The van der Waals surface area contributed by atoms with Gasteiger partial charge >= 0.3 is 5.97 Å². The normalized spacial score (nSPS) is 18.0. The SMILES string of the molecule is O=C(O)CN(Cc1cc(Cl)cc2c1OCC2)C1CCCC1. The van der Waals surface area contributed by atoms with Crippen LogP contribution in [-0.2, 0) is 17.8 Å².